The Hall–Kier alpha value is -3.69. The van der Waals surface area contributed by atoms with Crippen LogP contribution in [0.4, 0.5) is 0 Å². The fraction of sp³-hybridized carbons (Fsp3) is 0.0556. The van der Waals surface area contributed by atoms with Crippen LogP contribution in [-0.4, -0.2) is 42.4 Å². The molecule has 0 radical (unpaired) electrons. The van der Waals surface area contributed by atoms with Crippen LogP contribution in [0.3, 0.4) is 0 Å². The molecule has 0 unspecified atom stereocenters. The molecule has 9 heteroatoms. The SMILES string of the molecule is O=C(O)c1ccnc(-c2cc(C(=O)O)cc(-c3cc(COO)ccn3)n2)c1. The van der Waals surface area contributed by atoms with Gasteiger partial charge in [-0.05, 0) is 42.0 Å². The van der Waals surface area contributed by atoms with Crippen LogP contribution in [0, 0.1) is 0 Å². The normalized spacial score (nSPS) is 10.6. The van der Waals surface area contributed by atoms with Crippen molar-refractivity contribution in [3.63, 3.8) is 0 Å². The molecule has 3 N–H and O–H groups in total. The summed E-state index contributed by atoms with van der Waals surface area (Å²) < 4.78 is 0. The second-order valence-electron chi connectivity index (χ2n) is 5.49. The van der Waals surface area contributed by atoms with E-state index >= 15 is 0 Å². The van der Waals surface area contributed by atoms with Gasteiger partial charge in [-0.15, -0.1) is 0 Å². The smallest absolute Gasteiger partial charge is 0.335 e. The first-order valence-corrected chi connectivity index (χ1v) is 7.64. The van der Waals surface area contributed by atoms with Crippen LogP contribution in [0.2, 0.25) is 0 Å². The Bertz CT molecular complexity index is 1020. The monoisotopic (exact) mass is 367 g/mol. The number of carbonyl (C=O) groups is 2. The molecule has 27 heavy (non-hydrogen) atoms. The van der Waals surface area contributed by atoms with Crippen LogP contribution in [0.25, 0.3) is 22.8 Å². The second-order valence-corrected chi connectivity index (χ2v) is 5.49. The van der Waals surface area contributed by atoms with Gasteiger partial charge in [0.05, 0.1) is 33.9 Å². The minimum absolute atomic E-state index is 0.00398. The Kier molecular flexibility index (Phi) is 5.15. The molecule has 0 bridgehead atoms. The standard InChI is InChI=1S/C18H13N3O6/c22-17(23)11-2-4-20-14(6-11)16-8-12(18(24)25)7-15(21-16)13-5-10(9-27-26)1-3-19-13/h1-8,26H,9H2,(H,22,23)(H,24,25). The summed E-state index contributed by atoms with van der Waals surface area (Å²) in [5, 5.41) is 27.1. The largest absolute Gasteiger partial charge is 0.478 e. The summed E-state index contributed by atoms with van der Waals surface area (Å²) in [6, 6.07) is 8.51. The van der Waals surface area contributed by atoms with Gasteiger partial charge in [0.1, 0.15) is 6.61 Å². The van der Waals surface area contributed by atoms with Crippen molar-refractivity contribution < 1.29 is 29.9 Å². The Balaban J connectivity index is 2.14. The number of rotatable bonds is 6. The van der Waals surface area contributed by atoms with Crippen LogP contribution in [0.15, 0.2) is 48.8 Å². The molecule has 0 spiro atoms. The van der Waals surface area contributed by atoms with Crippen molar-refractivity contribution in [1.82, 2.24) is 15.0 Å². The van der Waals surface area contributed by atoms with E-state index in [0.717, 1.165) is 0 Å². The lowest BCUT2D eigenvalue weighted by Gasteiger charge is -2.08. The summed E-state index contributed by atoms with van der Waals surface area (Å²) in [6.45, 7) is -0.0663. The van der Waals surface area contributed by atoms with Gasteiger partial charge in [-0.1, -0.05) is 0 Å². The first-order valence-electron chi connectivity index (χ1n) is 7.64. The molecule has 3 aromatic rings. The first kappa shape index (κ1) is 18.1. The Morgan fingerprint density at radius 3 is 1.96 bits per heavy atom. The Morgan fingerprint density at radius 2 is 1.37 bits per heavy atom. The summed E-state index contributed by atoms with van der Waals surface area (Å²) in [6.07, 6.45) is 2.78. The minimum atomic E-state index is -1.18. The highest BCUT2D eigenvalue weighted by Gasteiger charge is 2.14. The quantitative estimate of drug-likeness (QED) is 0.442. The third-order valence-electron chi connectivity index (χ3n) is 3.66. The van der Waals surface area contributed by atoms with Gasteiger partial charge in [0.15, 0.2) is 0 Å². The predicted molar refractivity (Wildman–Crippen MR) is 92.0 cm³/mol. The Labute approximate surface area is 152 Å². The lowest BCUT2D eigenvalue weighted by Crippen LogP contribution is -2.03. The van der Waals surface area contributed by atoms with Gasteiger partial charge in [-0.3, -0.25) is 15.2 Å². The number of nitrogens with zero attached hydrogens (tertiary/aromatic N) is 3. The van der Waals surface area contributed by atoms with Crippen molar-refractivity contribution in [3.8, 4) is 22.8 Å². The van der Waals surface area contributed by atoms with Gasteiger partial charge < -0.3 is 10.2 Å². The fourth-order valence-electron chi connectivity index (χ4n) is 2.40. The number of hydrogen-bond acceptors (Lipinski definition) is 7. The molecule has 0 aromatic carbocycles. The molecule has 0 aliphatic heterocycles. The van der Waals surface area contributed by atoms with E-state index in [0.29, 0.717) is 11.3 Å². The van der Waals surface area contributed by atoms with Gasteiger partial charge >= 0.3 is 11.9 Å². The van der Waals surface area contributed by atoms with Crippen molar-refractivity contribution in [2.45, 2.75) is 6.61 Å². The summed E-state index contributed by atoms with van der Waals surface area (Å²) in [5.74, 6) is -2.31. The van der Waals surface area contributed by atoms with Crippen LogP contribution in [0.5, 0.6) is 0 Å². The number of pyridine rings is 3. The average Bonchev–Trinajstić information content (AvgIpc) is 2.68. The van der Waals surface area contributed by atoms with Crippen molar-refractivity contribution in [2.24, 2.45) is 0 Å². The highest BCUT2D eigenvalue weighted by Crippen LogP contribution is 2.24. The van der Waals surface area contributed by atoms with Crippen molar-refractivity contribution in [1.29, 1.82) is 0 Å². The van der Waals surface area contributed by atoms with Gasteiger partial charge in [-0.2, -0.15) is 0 Å². The third-order valence-corrected chi connectivity index (χ3v) is 3.66. The summed E-state index contributed by atoms with van der Waals surface area (Å²) in [5.41, 5.74) is 1.59. The number of aromatic nitrogens is 3. The van der Waals surface area contributed by atoms with Crippen molar-refractivity contribution >= 4 is 11.9 Å². The summed E-state index contributed by atoms with van der Waals surface area (Å²) in [4.78, 5) is 39.4. The predicted octanol–water partition coefficient (Wildman–Crippen LogP) is 2.59. The number of carboxylic acids is 2. The molecular formula is C18H13N3O6. The van der Waals surface area contributed by atoms with Gasteiger partial charge in [0.25, 0.3) is 0 Å². The van der Waals surface area contributed by atoms with Gasteiger partial charge in [0, 0.05) is 12.4 Å². The highest BCUT2D eigenvalue weighted by atomic mass is 17.1. The van der Waals surface area contributed by atoms with E-state index in [-0.39, 0.29) is 34.8 Å². The molecule has 0 fully saturated rings. The maximum absolute atomic E-state index is 11.5. The topological polar surface area (TPSA) is 143 Å². The molecule has 0 aliphatic carbocycles. The molecule has 0 saturated heterocycles. The van der Waals surface area contributed by atoms with E-state index in [1.165, 1.54) is 36.7 Å². The molecule has 9 nitrogen and oxygen atoms in total. The molecule has 3 rings (SSSR count). The van der Waals surface area contributed by atoms with E-state index in [4.69, 9.17) is 10.4 Å². The van der Waals surface area contributed by atoms with E-state index < -0.39 is 11.9 Å². The van der Waals surface area contributed by atoms with Crippen LogP contribution in [0.1, 0.15) is 26.3 Å². The molecule has 3 heterocycles. The Morgan fingerprint density at radius 1 is 0.815 bits per heavy atom. The highest BCUT2D eigenvalue weighted by molar-refractivity contribution is 5.91. The zero-order chi connectivity index (χ0) is 19.4. The number of carboxylic acid groups (broad SMARTS) is 2. The van der Waals surface area contributed by atoms with E-state index in [1.807, 2.05) is 0 Å². The minimum Gasteiger partial charge on any atom is -0.478 e. The van der Waals surface area contributed by atoms with Crippen molar-refractivity contribution in [3.05, 3.63) is 65.5 Å². The van der Waals surface area contributed by atoms with Crippen LogP contribution < -0.4 is 0 Å². The van der Waals surface area contributed by atoms with Crippen molar-refractivity contribution in [2.75, 3.05) is 0 Å². The summed E-state index contributed by atoms with van der Waals surface area (Å²) >= 11 is 0. The zero-order valence-electron chi connectivity index (χ0n) is 13.7. The zero-order valence-corrected chi connectivity index (χ0v) is 13.7. The van der Waals surface area contributed by atoms with E-state index in [1.54, 1.807) is 12.1 Å². The van der Waals surface area contributed by atoms with Crippen LogP contribution in [-0.2, 0) is 11.5 Å². The molecule has 0 atom stereocenters. The maximum atomic E-state index is 11.5. The number of hydrogen-bond donors (Lipinski definition) is 3. The van der Waals surface area contributed by atoms with Crippen LogP contribution >= 0.6 is 0 Å². The maximum Gasteiger partial charge on any atom is 0.335 e. The average molecular weight is 367 g/mol. The fourth-order valence-corrected chi connectivity index (χ4v) is 2.40. The van der Waals surface area contributed by atoms with Gasteiger partial charge in [-0.25, -0.2) is 19.5 Å². The van der Waals surface area contributed by atoms with E-state index in [2.05, 4.69) is 19.8 Å². The third kappa shape index (κ3) is 4.11. The second kappa shape index (κ2) is 7.68. The van der Waals surface area contributed by atoms with E-state index in [9.17, 15) is 14.7 Å². The summed E-state index contributed by atoms with van der Waals surface area (Å²) in [7, 11) is 0. The molecule has 0 amide bonds. The first-order chi connectivity index (χ1) is 13.0. The lowest BCUT2D eigenvalue weighted by molar-refractivity contribution is -0.253. The molecular weight excluding hydrogens is 354 g/mol. The molecule has 136 valence electrons. The number of aromatic carboxylic acids is 2. The molecule has 3 aromatic heterocycles. The molecule has 0 saturated carbocycles. The lowest BCUT2D eigenvalue weighted by atomic mass is 10.1. The van der Waals surface area contributed by atoms with Gasteiger partial charge in [0.2, 0.25) is 0 Å². The molecule has 0 aliphatic rings.